The van der Waals surface area contributed by atoms with E-state index in [1.807, 2.05) is 30.3 Å². The van der Waals surface area contributed by atoms with Crippen molar-refractivity contribution in [1.82, 2.24) is 25.5 Å². The number of anilines is 2. The second-order valence-electron chi connectivity index (χ2n) is 6.84. The second kappa shape index (κ2) is 10.9. The van der Waals surface area contributed by atoms with E-state index in [4.69, 9.17) is 0 Å². The van der Waals surface area contributed by atoms with Gasteiger partial charge in [0, 0.05) is 37.9 Å². The lowest BCUT2D eigenvalue weighted by Crippen LogP contribution is -2.49. The van der Waals surface area contributed by atoms with Crippen molar-refractivity contribution >= 4 is 36.3 Å². The molecule has 0 aliphatic carbocycles. The van der Waals surface area contributed by atoms with E-state index >= 15 is 0 Å². The van der Waals surface area contributed by atoms with Crippen molar-refractivity contribution in [3.63, 3.8) is 0 Å². The summed E-state index contributed by atoms with van der Waals surface area (Å²) in [5, 5.41) is 25.6. The predicted octanol–water partition coefficient (Wildman–Crippen LogP) is 2.89. The third-order valence-electron chi connectivity index (χ3n) is 4.65. The van der Waals surface area contributed by atoms with Crippen molar-refractivity contribution in [3.8, 4) is 17.1 Å². The molecule has 0 spiro atoms. The van der Waals surface area contributed by atoms with Crippen LogP contribution in [0.25, 0.3) is 11.4 Å². The highest BCUT2D eigenvalue weighted by atomic mass is 35.5. The van der Waals surface area contributed by atoms with Crippen LogP contribution in [0.5, 0.6) is 5.75 Å². The lowest BCUT2D eigenvalue weighted by molar-refractivity contribution is 0.474. The number of hydrogen-bond acceptors (Lipinski definition) is 8. The Morgan fingerprint density at radius 3 is 2.70 bits per heavy atom. The van der Waals surface area contributed by atoms with Crippen molar-refractivity contribution < 1.29 is 5.11 Å². The van der Waals surface area contributed by atoms with Crippen LogP contribution in [-0.4, -0.2) is 50.9 Å². The highest BCUT2D eigenvalue weighted by molar-refractivity contribution is 5.85. The highest BCUT2D eigenvalue weighted by Crippen LogP contribution is 2.28. The summed E-state index contributed by atoms with van der Waals surface area (Å²) in [6.45, 7) is 5.44. The van der Waals surface area contributed by atoms with Gasteiger partial charge >= 0.3 is 0 Å². The van der Waals surface area contributed by atoms with Gasteiger partial charge in [0.15, 0.2) is 5.82 Å². The van der Waals surface area contributed by atoms with Gasteiger partial charge in [0.1, 0.15) is 17.1 Å². The molecule has 8 nitrogen and oxygen atoms in total. The molecule has 0 radical (unpaired) electrons. The van der Waals surface area contributed by atoms with Gasteiger partial charge in [-0.05, 0) is 31.2 Å². The van der Waals surface area contributed by atoms with Crippen LogP contribution in [0.2, 0.25) is 0 Å². The molecule has 1 aliphatic rings. The van der Waals surface area contributed by atoms with Gasteiger partial charge in [-0.2, -0.15) is 0 Å². The zero-order valence-corrected chi connectivity index (χ0v) is 18.2. The zero-order chi connectivity index (χ0) is 19.3. The van der Waals surface area contributed by atoms with Crippen molar-refractivity contribution in [2.75, 3.05) is 29.9 Å². The number of piperazine rings is 1. The van der Waals surface area contributed by atoms with Crippen molar-refractivity contribution in [2.24, 2.45) is 0 Å². The first-order chi connectivity index (χ1) is 13.7. The highest BCUT2D eigenvalue weighted by Gasteiger charge is 2.18. The van der Waals surface area contributed by atoms with Gasteiger partial charge in [-0.25, -0.2) is 4.98 Å². The van der Waals surface area contributed by atoms with E-state index in [1.165, 1.54) is 0 Å². The molecule has 0 saturated carbocycles. The van der Waals surface area contributed by atoms with Crippen LogP contribution in [0, 0.1) is 0 Å². The van der Waals surface area contributed by atoms with Crippen LogP contribution in [0.15, 0.2) is 48.8 Å². The molecule has 1 unspecified atom stereocenters. The first kappa shape index (κ1) is 23.6. The van der Waals surface area contributed by atoms with Crippen LogP contribution < -0.4 is 15.5 Å². The molecule has 30 heavy (non-hydrogen) atoms. The summed E-state index contributed by atoms with van der Waals surface area (Å²) in [4.78, 5) is 10.8. The Labute approximate surface area is 188 Å². The minimum Gasteiger partial charge on any atom is -0.506 e. The maximum atomic E-state index is 10.4. The Morgan fingerprint density at radius 1 is 1.17 bits per heavy atom. The van der Waals surface area contributed by atoms with Crippen LogP contribution >= 0.6 is 24.8 Å². The van der Waals surface area contributed by atoms with Crippen LogP contribution in [-0.2, 0) is 6.54 Å². The average molecular weight is 450 g/mol. The molecule has 4 heterocycles. The fourth-order valence-electron chi connectivity index (χ4n) is 3.20. The molecule has 4 rings (SSSR count). The van der Waals surface area contributed by atoms with Crippen LogP contribution in [0.1, 0.15) is 12.6 Å². The third-order valence-corrected chi connectivity index (χ3v) is 4.65. The second-order valence-corrected chi connectivity index (χ2v) is 6.84. The topological polar surface area (TPSA) is 99.1 Å². The SMILES string of the molecule is CC1CN(c2ccc(-c3ncc(NCc4ccccn4)cc3O)nn2)CCN1.Cl.Cl. The molecule has 10 heteroatoms. The minimum atomic E-state index is 0. The summed E-state index contributed by atoms with van der Waals surface area (Å²) in [7, 11) is 0. The van der Waals surface area contributed by atoms with E-state index in [2.05, 4.69) is 42.6 Å². The van der Waals surface area contributed by atoms with Gasteiger partial charge < -0.3 is 20.6 Å². The summed E-state index contributed by atoms with van der Waals surface area (Å²) in [6.07, 6.45) is 3.42. The van der Waals surface area contributed by atoms with Gasteiger partial charge in [0.25, 0.3) is 0 Å². The monoisotopic (exact) mass is 449 g/mol. The zero-order valence-electron chi connectivity index (χ0n) is 16.5. The van der Waals surface area contributed by atoms with E-state index in [0.717, 1.165) is 31.1 Å². The molecule has 1 fully saturated rings. The fourth-order valence-corrected chi connectivity index (χ4v) is 3.20. The standard InChI is InChI=1S/C20H23N7O.2ClH/c1-14-13-27(9-8-21-14)19-6-5-17(25-26-19)20-18(28)10-16(12-24-20)23-11-15-4-2-3-7-22-15;;/h2-7,10,12,14,21,23,28H,8-9,11,13H2,1H3;2*1H. The minimum absolute atomic E-state index is 0. The van der Waals surface area contributed by atoms with Gasteiger partial charge in [-0.1, -0.05) is 6.07 Å². The Kier molecular flexibility index (Phi) is 8.58. The summed E-state index contributed by atoms with van der Waals surface area (Å²) < 4.78 is 0. The number of rotatable bonds is 5. The predicted molar refractivity (Wildman–Crippen MR) is 123 cm³/mol. The summed E-state index contributed by atoms with van der Waals surface area (Å²) in [5.41, 5.74) is 2.58. The quantitative estimate of drug-likeness (QED) is 0.546. The lowest BCUT2D eigenvalue weighted by atomic mass is 10.2. The maximum Gasteiger partial charge on any atom is 0.151 e. The third kappa shape index (κ3) is 5.69. The molecule has 0 bridgehead atoms. The van der Waals surface area contributed by atoms with Gasteiger partial charge in [-0.3, -0.25) is 4.98 Å². The van der Waals surface area contributed by atoms with Gasteiger partial charge in [0.2, 0.25) is 0 Å². The van der Waals surface area contributed by atoms with Crippen molar-refractivity contribution in [1.29, 1.82) is 0 Å². The first-order valence-corrected chi connectivity index (χ1v) is 9.34. The summed E-state index contributed by atoms with van der Waals surface area (Å²) in [6, 6.07) is 11.6. The smallest absolute Gasteiger partial charge is 0.151 e. The van der Waals surface area contributed by atoms with Gasteiger partial charge in [-0.15, -0.1) is 35.0 Å². The molecule has 160 valence electrons. The Hall–Kier alpha value is -2.68. The number of halogens is 2. The molecule has 0 aromatic carbocycles. The molecule has 0 amide bonds. The maximum absolute atomic E-state index is 10.4. The molecular formula is C20H25Cl2N7O. The van der Waals surface area contributed by atoms with Crippen molar-refractivity contribution in [2.45, 2.75) is 19.5 Å². The van der Waals surface area contributed by atoms with Crippen LogP contribution in [0.3, 0.4) is 0 Å². The Bertz CT molecular complexity index is 928. The molecule has 3 N–H and O–H groups in total. The van der Waals surface area contributed by atoms with E-state index < -0.39 is 0 Å². The normalized spacial score (nSPS) is 15.6. The van der Waals surface area contributed by atoms with Gasteiger partial charge in [0.05, 0.1) is 24.1 Å². The van der Waals surface area contributed by atoms with Crippen molar-refractivity contribution in [3.05, 3.63) is 54.5 Å². The van der Waals surface area contributed by atoms with E-state index in [1.54, 1.807) is 18.5 Å². The number of aromatic hydroxyl groups is 1. The van der Waals surface area contributed by atoms with Crippen LogP contribution in [0.4, 0.5) is 11.5 Å². The average Bonchev–Trinajstić information content (AvgIpc) is 2.73. The number of hydrogen-bond donors (Lipinski definition) is 3. The summed E-state index contributed by atoms with van der Waals surface area (Å²) >= 11 is 0. The number of aromatic nitrogens is 4. The van der Waals surface area contributed by atoms with E-state index in [9.17, 15) is 5.11 Å². The Morgan fingerprint density at radius 2 is 2.03 bits per heavy atom. The van der Waals surface area contributed by atoms with E-state index in [-0.39, 0.29) is 30.6 Å². The Balaban J connectivity index is 0.00000160. The fraction of sp³-hybridized carbons (Fsp3) is 0.300. The first-order valence-electron chi connectivity index (χ1n) is 9.34. The number of nitrogens with one attached hydrogen (secondary N) is 2. The molecule has 3 aromatic rings. The number of nitrogens with zero attached hydrogens (tertiary/aromatic N) is 5. The largest absolute Gasteiger partial charge is 0.506 e. The molecule has 1 atom stereocenters. The lowest BCUT2D eigenvalue weighted by Gasteiger charge is -2.32. The molecule has 1 saturated heterocycles. The molecule has 3 aromatic heterocycles. The van der Waals surface area contributed by atoms with E-state index in [0.29, 0.717) is 29.7 Å². The molecule has 1 aliphatic heterocycles. The molecular weight excluding hydrogens is 425 g/mol. The summed E-state index contributed by atoms with van der Waals surface area (Å²) in [5.74, 6) is 0.897. The number of pyridine rings is 2.